The third-order valence-electron chi connectivity index (χ3n) is 4.80. The summed E-state index contributed by atoms with van der Waals surface area (Å²) in [5.74, 6) is 0. The zero-order valence-corrected chi connectivity index (χ0v) is 14.3. The SMILES string of the molecule is Cc1cc(C)c(CNC(=O)N(C)C2CCc3ccccc32)c(=O)[nH]1. The third-order valence-corrected chi connectivity index (χ3v) is 4.80. The van der Waals surface area contributed by atoms with Crippen LogP contribution < -0.4 is 10.9 Å². The van der Waals surface area contributed by atoms with E-state index in [1.165, 1.54) is 11.1 Å². The molecule has 0 fully saturated rings. The van der Waals surface area contributed by atoms with E-state index in [0.717, 1.165) is 24.1 Å². The molecule has 5 nitrogen and oxygen atoms in total. The summed E-state index contributed by atoms with van der Waals surface area (Å²) in [5, 5.41) is 2.87. The normalized spacial score (nSPS) is 15.9. The molecule has 0 spiro atoms. The predicted molar refractivity (Wildman–Crippen MR) is 94.0 cm³/mol. The maximum absolute atomic E-state index is 12.5. The van der Waals surface area contributed by atoms with Crippen molar-refractivity contribution in [3.05, 3.63) is 68.6 Å². The van der Waals surface area contributed by atoms with Crippen LogP contribution in [0, 0.1) is 13.8 Å². The monoisotopic (exact) mass is 325 g/mol. The van der Waals surface area contributed by atoms with Crippen LogP contribution in [0.5, 0.6) is 0 Å². The first-order chi connectivity index (χ1) is 11.5. The summed E-state index contributed by atoms with van der Waals surface area (Å²) in [4.78, 5) is 29.1. The van der Waals surface area contributed by atoms with Gasteiger partial charge in [0.15, 0.2) is 0 Å². The summed E-state index contributed by atoms with van der Waals surface area (Å²) in [7, 11) is 1.81. The Labute approximate surface area is 141 Å². The molecule has 0 aliphatic heterocycles. The lowest BCUT2D eigenvalue weighted by Crippen LogP contribution is -2.39. The first-order valence-electron chi connectivity index (χ1n) is 8.25. The van der Waals surface area contributed by atoms with Crippen molar-refractivity contribution < 1.29 is 4.79 Å². The smallest absolute Gasteiger partial charge is 0.317 e. The van der Waals surface area contributed by atoms with Crippen molar-refractivity contribution in [3.8, 4) is 0 Å². The van der Waals surface area contributed by atoms with Crippen LogP contribution in [0.4, 0.5) is 4.79 Å². The molecule has 2 aromatic rings. The van der Waals surface area contributed by atoms with Crippen LogP contribution in [0.25, 0.3) is 0 Å². The van der Waals surface area contributed by atoms with E-state index >= 15 is 0 Å². The minimum Gasteiger partial charge on any atom is -0.334 e. The van der Waals surface area contributed by atoms with Crippen LogP contribution in [-0.2, 0) is 13.0 Å². The Hall–Kier alpha value is -2.56. The van der Waals surface area contributed by atoms with Crippen LogP contribution >= 0.6 is 0 Å². The summed E-state index contributed by atoms with van der Waals surface area (Å²) in [5.41, 5.74) is 4.72. The van der Waals surface area contributed by atoms with E-state index in [-0.39, 0.29) is 24.2 Å². The molecule has 0 bridgehead atoms. The van der Waals surface area contributed by atoms with Gasteiger partial charge in [-0.1, -0.05) is 24.3 Å². The second-order valence-corrected chi connectivity index (χ2v) is 6.47. The number of aryl methyl sites for hydroxylation is 3. The van der Waals surface area contributed by atoms with E-state index in [1.54, 1.807) is 4.90 Å². The molecule has 1 aliphatic carbocycles. The van der Waals surface area contributed by atoms with Crippen LogP contribution in [0.2, 0.25) is 0 Å². The Morgan fingerprint density at radius 2 is 2.08 bits per heavy atom. The van der Waals surface area contributed by atoms with Crippen LogP contribution in [0.3, 0.4) is 0 Å². The van der Waals surface area contributed by atoms with Gasteiger partial charge in [-0.2, -0.15) is 0 Å². The minimum absolute atomic E-state index is 0.0959. The van der Waals surface area contributed by atoms with Crippen LogP contribution in [0.15, 0.2) is 35.1 Å². The van der Waals surface area contributed by atoms with Gasteiger partial charge in [-0.05, 0) is 49.4 Å². The largest absolute Gasteiger partial charge is 0.334 e. The lowest BCUT2D eigenvalue weighted by Gasteiger charge is -2.25. The molecule has 1 unspecified atom stereocenters. The second-order valence-electron chi connectivity index (χ2n) is 6.47. The number of carbonyl (C=O) groups excluding carboxylic acids is 1. The summed E-state index contributed by atoms with van der Waals surface area (Å²) < 4.78 is 0. The summed E-state index contributed by atoms with van der Waals surface area (Å²) in [6, 6.07) is 10.1. The molecule has 1 aliphatic rings. The zero-order valence-electron chi connectivity index (χ0n) is 14.3. The molecule has 2 N–H and O–H groups in total. The fourth-order valence-corrected chi connectivity index (χ4v) is 3.47. The molecule has 0 radical (unpaired) electrons. The number of hydrogen-bond acceptors (Lipinski definition) is 2. The number of carbonyl (C=O) groups is 1. The van der Waals surface area contributed by atoms with E-state index in [9.17, 15) is 9.59 Å². The molecule has 126 valence electrons. The lowest BCUT2D eigenvalue weighted by atomic mass is 10.1. The number of amides is 2. The van der Waals surface area contributed by atoms with Crippen LogP contribution in [0.1, 0.15) is 40.4 Å². The van der Waals surface area contributed by atoms with Crippen molar-refractivity contribution in [2.75, 3.05) is 7.05 Å². The number of benzene rings is 1. The minimum atomic E-state index is -0.156. The van der Waals surface area contributed by atoms with Gasteiger partial charge in [0, 0.05) is 18.3 Å². The number of urea groups is 1. The molecule has 5 heteroatoms. The molecule has 0 saturated heterocycles. The van der Waals surface area contributed by atoms with Crippen molar-refractivity contribution in [1.29, 1.82) is 0 Å². The summed E-state index contributed by atoms with van der Waals surface area (Å²) in [6.45, 7) is 3.97. The van der Waals surface area contributed by atoms with Crippen molar-refractivity contribution in [2.24, 2.45) is 0 Å². The van der Waals surface area contributed by atoms with E-state index in [0.29, 0.717) is 5.56 Å². The number of pyridine rings is 1. The molecular formula is C19H23N3O2. The number of aromatic amines is 1. The molecular weight excluding hydrogens is 302 g/mol. The molecule has 2 amide bonds. The average Bonchev–Trinajstić information content (AvgIpc) is 2.96. The van der Waals surface area contributed by atoms with Gasteiger partial charge in [0.25, 0.3) is 5.56 Å². The number of aromatic nitrogens is 1. The number of hydrogen-bond donors (Lipinski definition) is 2. The molecule has 3 rings (SSSR count). The molecule has 1 aromatic carbocycles. The zero-order chi connectivity index (χ0) is 17.3. The highest BCUT2D eigenvalue weighted by Gasteiger charge is 2.28. The van der Waals surface area contributed by atoms with E-state index in [2.05, 4.69) is 22.4 Å². The van der Waals surface area contributed by atoms with Crippen molar-refractivity contribution >= 4 is 6.03 Å². The van der Waals surface area contributed by atoms with Gasteiger partial charge in [-0.15, -0.1) is 0 Å². The summed E-state index contributed by atoms with van der Waals surface area (Å²) in [6.07, 6.45) is 1.93. The van der Waals surface area contributed by atoms with Gasteiger partial charge >= 0.3 is 6.03 Å². The number of nitrogens with one attached hydrogen (secondary N) is 2. The van der Waals surface area contributed by atoms with E-state index < -0.39 is 0 Å². The molecule has 1 heterocycles. The number of nitrogens with zero attached hydrogens (tertiary/aromatic N) is 1. The molecule has 0 saturated carbocycles. The van der Waals surface area contributed by atoms with Gasteiger partial charge in [-0.25, -0.2) is 4.79 Å². The fourth-order valence-electron chi connectivity index (χ4n) is 3.47. The predicted octanol–water partition coefficient (Wildman–Crippen LogP) is 2.82. The van der Waals surface area contributed by atoms with Crippen molar-refractivity contribution in [2.45, 2.75) is 39.3 Å². The van der Waals surface area contributed by atoms with Gasteiger partial charge in [0.1, 0.15) is 0 Å². The van der Waals surface area contributed by atoms with Gasteiger partial charge in [0.05, 0.1) is 12.6 Å². The van der Waals surface area contributed by atoms with Gasteiger partial charge in [0.2, 0.25) is 0 Å². The Morgan fingerprint density at radius 3 is 2.83 bits per heavy atom. The number of H-pyrrole nitrogens is 1. The second kappa shape index (κ2) is 6.51. The quantitative estimate of drug-likeness (QED) is 0.911. The first kappa shape index (κ1) is 16.3. The highest BCUT2D eigenvalue weighted by atomic mass is 16.2. The standard InChI is InChI=1S/C19H23N3O2/c1-12-10-13(2)21-18(23)16(12)11-20-19(24)22(3)17-9-8-14-6-4-5-7-15(14)17/h4-7,10,17H,8-9,11H2,1-3H3,(H,20,24)(H,21,23). The highest BCUT2D eigenvalue weighted by Crippen LogP contribution is 2.34. The van der Waals surface area contributed by atoms with Crippen LogP contribution in [-0.4, -0.2) is 23.0 Å². The maximum atomic E-state index is 12.5. The highest BCUT2D eigenvalue weighted by molar-refractivity contribution is 5.74. The van der Waals surface area contributed by atoms with Gasteiger partial charge < -0.3 is 15.2 Å². The Bertz CT molecular complexity index is 826. The van der Waals surface area contributed by atoms with E-state index in [4.69, 9.17) is 0 Å². The Balaban J connectivity index is 1.69. The fraction of sp³-hybridized carbons (Fsp3) is 0.368. The number of rotatable bonds is 3. The topological polar surface area (TPSA) is 65.2 Å². The maximum Gasteiger partial charge on any atom is 0.317 e. The van der Waals surface area contributed by atoms with E-state index in [1.807, 2.05) is 39.1 Å². The van der Waals surface area contributed by atoms with Gasteiger partial charge in [-0.3, -0.25) is 4.79 Å². The number of fused-ring (bicyclic) bond motifs is 1. The molecule has 24 heavy (non-hydrogen) atoms. The first-order valence-corrected chi connectivity index (χ1v) is 8.25. The third kappa shape index (κ3) is 3.07. The average molecular weight is 325 g/mol. The Kier molecular flexibility index (Phi) is 4.42. The molecule has 1 atom stereocenters. The lowest BCUT2D eigenvalue weighted by molar-refractivity contribution is 0.189. The van der Waals surface area contributed by atoms with Crippen molar-refractivity contribution in [1.82, 2.24) is 15.2 Å². The Morgan fingerprint density at radius 1 is 1.33 bits per heavy atom. The molecule has 1 aromatic heterocycles. The van der Waals surface area contributed by atoms with Crippen molar-refractivity contribution in [3.63, 3.8) is 0 Å². The summed E-state index contributed by atoms with van der Waals surface area (Å²) >= 11 is 0.